The van der Waals surface area contributed by atoms with Crippen molar-refractivity contribution in [3.63, 3.8) is 0 Å². The molecule has 4 heteroatoms. The number of hydrogen-bond acceptors (Lipinski definition) is 3. The minimum Gasteiger partial charge on any atom is -0.356 e. The highest BCUT2D eigenvalue weighted by atomic mass is 19.1. The van der Waals surface area contributed by atoms with Crippen LogP contribution in [0.25, 0.3) is 0 Å². The van der Waals surface area contributed by atoms with E-state index >= 15 is 0 Å². The molecule has 118 valence electrons. The van der Waals surface area contributed by atoms with Crippen LogP contribution in [0.2, 0.25) is 0 Å². The van der Waals surface area contributed by atoms with Crippen molar-refractivity contribution in [2.24, 2.45) is 5.92 Å². The van der Waals surface area contributed by atoms with Crippen molar-refractivity contribution >= 4 is 5.82 Å². The smallest absolute Gasteiger partial charge is 0.141 e. The Morgan fingerprint density at radius 1 is 1.33 bits per heavy atom. The molecule has 1 aromatic rings. The molecule has 0 saturated heterocycles. The van der Waals surface area contributed by atoms with Crippen molar-refractivity contribution < 1.29 is 4.39 Å². The molecule has 1 aliphatic carbocycles. The van der Waals surface area contributed by atoms with Crippen molar-refractivity contribution in [1.82, 2.24) is 10.3 Å². The van der Waals surface area contributed by atoms with E-state index in [-0.39, 0.29) is 5.82 Å². The maximum absolute atomic E-state index is 13.5. The number of rotatable bonds is 6. The van der Waals surface area contributed by atoms with Gasteiger partial charge >= 0.3 is 0 Å². The molecule has 21 heavy (non-hydrogen) atoms. The number of pyridine rings is 1. The van der Waals surface area contributed by atoms with Gasteiger partial charge in [0.1, 0.15) is 11.6 Å². The minimum atomic E-state index is -0.252. The van der Waals surface area contributed by atoms with Gasteiger partial charge in [-0.3, -0.25) is 0 Å². The average molecular weight is 293 g/mol. The summed E-state index contributed by atoms with van der Waals surface area (Å²) in [6.07, 6.45) is 7.38. The van der Waals surface area contributed by atoms with Gasteiger partial charge in [-0.15, -0.1) is 0 Å². The van der Waals surface area contributed by atoms with E-state index in [0.717, 1.165) is 30.3 Å². The van der Waals surface area contributed by atoms with Gasteiger partial charge in [0.25, 0.3) is 0 Å². The van der Waals surface area contributed by atoms with Crippen LogP contribution in [-0.2, 0) is 6.54 Å². The number of nitrogens with one attached hydrogen (secondary N) is 1. The second-order valence-corrected chi connectivity index (χ2v) is 6.34. The highest BCUT2D eigenvalue weighted by molar-refractivity contribution is 5.47. The average Bonchev–Trinajstić information content (AvgIpc) is 2.48. The lowest BCUT2D eigenvalue weighted by Crippen LogP contribution is -2.36. The molecule has 1 fully saturated rings. The molecule has 1 aromatic heterocycles. The molecule has 1 heterocycles. The maximum atomic E-state index is 13.5. The molecular weight excluding hydrogens is 265 g/mol. The molecule has 0 aliphatic heterocycles. The van der Waals surface area contributed by atoms with Crippen molar-refractivity contribution in [3.05, 3.63) is 23.6 Å². The largest absolute Gasteiger partial charge is 0.356 e. The predicted octanol–water partition coefficient (Wildman–Crippen LogP) is 3.74. The van der Waals surface area contributed by atoms with Gasteiger partial charge in [0.15, 0.2) is 0 Å². The van der Waals surface area contributed by atoms with Gasteiger partial charge in [0, 0.05) is 25.2 Å². The number of anilines is 1. The fraction of sp³-hybridized carbons (Fsp3) is 0.706. The first-order valence-corrected chi connectivity index (χ1v) is 8.19. The molecule has 0 amide bonds. The number of nitrogens with zero attached hydrogens (tertiary/aromatic N) is 2. The number of halogens is 1. The van der Waals surface area contributed by atoms with Crippen molar-refractivity contribution in [2.75, 3.05) is 18.5 Å². The van der Waals surface area contributed by atoms with Crippen LogP contribution in [0.1, 0.15) is 51.5 Å². The summed E-state index contributed by atoms with van der Waals surface area (Å²) in [4.78, 5) is 6.62. The van der Waals surface area contributed by atoms with Gasteiger partial charge in [0.05, 0.1) is 6.20 Å². The molecule has 1 aliphatic rings. The molecular formula is C17H28FN3. The third-order valence-corrected chi connectivity index (χ3v) is 4.52. The molecule has 0 spiro atoms. The topological polar surface area (TPSA) is 28.2 Å². The summed E-state index contributed by atoms with van der Waals surface area (Å²) in [7, 11) is 2.10. The van der Waals surface area contributed by atoms with E-state index in [1.54, 1.807) is 6.07 Å². The standard InChI is InChI=1S/C17H28FN3/c1-4-9-19-11-14-10-15(18)12-20-17(14)21(3)16-7-5-13(2)6-8-16/h10,12-13,16,19H,4-9,11H2,1-3H3. The lowest BCUT2D eigenvalue weighted by molar-refractivity contribution is 0.339. The second kappa shape index (κ2) is 7.74. The van der Waals surface area contributed by atoms with Crippen LogP contribution in [0.5, 0.6) is 0 Å². The van der Waals surface area contributed by atoms with E-state index < -0.39 is 0 Å². The molecule has 3 nitrogen and oxygen atoms in total. The van der Waals surface area contributed by atoms with Gasteiger partial charge in [-0.05, 0) is 50.6 Å². The van der Waals surface area contributed by atoms with E-state index in [9.17, 15) is 4.39 Å². The Morgan fingerprint density at radius 3 is 2.71 bits per heavy atom. The van der Waals surface area contributed by atoms with Crippen LogP contribution in [0.15, 0.2) is 12.3 Å². The Morgan fingerprint density at radius 2 is 2.05 bits per heavy atom. The van der Waals surface area contributed by atoms with E-state index in [0.29, 0.717) is 12.6 Å². The van der Waals surface area contributed by atoms with Crippen LogP contribution in [0, 0.1) is 11.7 Å². The first kappa shape index (κ1) is 16.2. The van der Waals surface area contributed by atoms with Crippen molar-refractivity contribution in [1.29, 1.82) is 0 Å². The summed E-state index contributed by atoms with van der Waals surface area (Å²) < 4.78 is 13.5. The lowest BCUT2D eigenvalue weighted by atomic mass is 9.86. The van der Waals surface area contributed by atoms with E-state index in [1.165, 1.54) is 31.9 Å². The maximum Gasteiger partial charge on any atom is 0.141 e. The SMILES string of the molecule is CCCNCc1cc(F)cnc1N(C)C1CCC(C)CC1. The fourth-order valence-corrected chi connectivity index (χ4v) is 3.12. The quantitative estimate of drug-likeness (QED) is 0.810. The zero-order valence-corrected chi connectivity index (χ0v) is 13.5. The van der Waals surface area contributed by atoms with Crippen molar-refractivity contribution in [3.8, 4) is 0 Å². The summed E-state index contributed by atoms with van der Waals surface area (Å²) in [5.74, 6) is 1.51. The zero-order chi connectivity index (χ0) is 15.2. The van der Waals surface area contributed by atoms with Gasteiger partial charge in [0.2, 0.25) is 0 Å². The van der Waals surface area contributed by atoms with Gasteiger partial charge in [-0.1, -0.05) is 13.8 Å². The molecule has 2 rings (SSSR count). The summed E-state index contributed by atoms with van der Waals surface area (Å²) >= 11 is 0. The van der Waals surface area contributed by atoms with Gasteiger partial charge < -0.3 is 10.2 Å². The fourth-order valence-electron chi connectivity index (χ4n) is 3.12. The number of hydrogen-bond donors (Lipinski definition) is 1. The van der Waals surface area contributed by atoms with Gasteiger partial charge in [-0.25, -0.2) is 9.37 Å². The van der Waals surface area contributed by atoms with E-state index in [4.69, 9.17) is 0 Å². The summed E-state index contributed by atoms with van der Waals surface area (Å²) in [5, 5.41) is 3.35. The lowest BCUT2D eigenvalue weighted by Gasteiger charge is -2.35. The Labute approximate surface area is 127 Å². The van der Waals surface area contributed by atoms with Crippen LogP contribution in [0.3, 0.4) is 0 Å². The summed E-state index contributed by atoms with van der Waals surface area (Å²) in [6, 6.07) is 2.15. The third kappa shape index (κ3) is 4.40. The second-order valence-electron chi connectivity index (χ2n) is 6.34. The zero-order valence-electron chi connectivity index (χ0n) is 13.5. The Hall–Kier alpha value is -1.16. The van der Waals surface area contributed by atoms with Crippen LogP contribution in [-0.4, -0.2) is 24.6 Å². The Bertz CT molecular complexity index is 442. The van der Waals surface area contributed by atoms with Crippen LogP contribution >= 0.6 is 0 Å². The van der Waals surface area contributed by atoms with Gasteiger partial charge in [-0.2, -0.15) is 0 Å². The van der Waals surface area contributed by atoms with Crippen LogP contribution in [0.4, 0.5) is 10.2 Å². The summed E-state index contributed by atoms with van der Waals surface area (Å²) in [5.41, 5.74) is 0.963. The predicted molar refractivity (Wildman–Crippen MR) is 86.0 cm³/mol. The normalized spacial score (nSPS) is 22.3. The van der Waals surface area contributed by atoms with Crippen LogP contribution < -0.4 is 10.2 Å². The molecule has 0 atom stereocenters. The Kier molecular flexibility index (Phi) is 5.97. The molecule has 0 bridgehead atoms. The highest BCUT2D eigenvalue weighted by Crippen LogP contribution is 2.30. The first-order valence-electron chi connectivity index (χ1n) is 8.19. The molecule has 0 radical (unpaired) electrons. The Balaban J connectivity index is 2.09. The first-order chi connectivity index (χ1) is 10.1. The molecule has 0 unspecified atom stereocenters. The highest BCUT2D eigenvalue weighted by Gasteiger charge is 2.24. The van der Waals surface area contributed by atoms with E-state index in [2.05, 4.69) is 36.1 Å². The summed E-state index contributed by atoms with van der Waals surface area (Å²) in [6.45, 7) is 6.08. The van der Waals surface area contributed by atoms with E-state index in [1.807, 2.05) is 0 Å². The third-order valence-electron chi connectivity index (χ3n) is 4.52. The monoisotopic (exact) mass is 293 g/mol. The molecule has 1 saturated carbocycles. The molecule has 0 aromatic carbocycles. The van der Waals surface area contributed by atoms with Crippen molar-refractivity contribution in [2.45, 2.75) is 58.5 Å². The molecule has 1 N–H and O–H groups in total. The number of aromatic nitrogens is 1. The minimum absolute atomic E-state index is 0.252.